The van der Waals surface area contributed by atoms with Crippen molar-refractivity contribution in [3.8, 4) is 0 Å². The highest BCUT2D eigenvalue weighted by Crippen LogP contribution is 2.32. The zero-order chi connectivity index (χ0) is 20.8. The van der Waals surface area contributed by atoms with Crippen LogP contribution in [0.5, 0.6) is 0 Å². The molecule has 3 aliphatic rings. The molecule has 3 saturated heterocycles. The van der Waals surface area contributed by atoms with Crippen molar-refractivity contribution in [3.63, 3.8) is 0 Å². The van der Waals surface area contributed by atoms with Gasteiger partial charge in [0.2, 0.25) is 5.91 Å². The molecule has 166 valence electrons. The van der Waals surface area contributed by atoms with Crippen molar-refractivity contribution in [3.05, 3.63) is 12.4 Å². The maximum Gasteiger partial charge on any atom is 0.222 e. The van der Waals surface area contributed by atoms with Gasteiger partial charge >= 0.3 is 0 Å². The zero-order valence-electron chi connectivity index (χ0n) is 18.1. The van der Waals surface area contributed by atoms with Gasteiger partial charge < -0.3 is 24.6 Å². The van der Waals surface area contributed by atoms with Gasteiger partial charge in [-0.15, -0.1) is 0 Å². The Morgan fingerprint density at radius 1 is 1.23 bits per heavy atom. The molecular formula is C22H35N5O3. The van der Waals surface area contributed by atoms with E-state index < -0.39 is 5.79 Å². The van der Waals surface area contributed by atoms with Gasteiger partial charge in [-0.25, -0.2) is 9.97 Å². The number of aromatic nitrogens is 2. The Morgan fingerprint density at radius 3 is 2.80 bits per heavy atom. The maximum atomic E-state index is 12.7. The molecule has 0 radical (unpaired) electrons. The Balaban J connectivity index is 1.24. The Hall–Kier alpha value is -1.93. The Bertz CT molecular complexity index is 700. The van der Waals surface area contributed by atoms with Crippen molar-refractivity contribution < 1.29 is 14.3 Å². The van der Waals surface area contributed by atoms with Crippen LogP contribution in [-0.4, -0.2) is 72.5 Å². The predicted octanol–water partition coefficient (Wildman–Crippen LogP) is 2.66. The third kappa shape index (κ3) is 5.21. The summed E-state index contributed by atoms with van der Waals surface area (Å²) < 4.78 is 11.5. The summed E-state index contributed by atoms with van der Waals surface area (Å²) in [5.74, 6) is 2.26. The summed E-state index contributed by atoms with van der Waals surface area (Å²) in [6, 6.07) is 2.04. The fraction of sp³-hybridized carbons (Fsp3) is 0.773. The molecule has 3 fully saturated rings. The molecule has 8 nitrogen and oxygen atoms in total. The number of amides is 1. The number of hydrogen-bond donors (Lipinski definition) is 1. The van der Waals surface area contributed by atoms with Gasteiger partial charge in [-0.3, -0.25) is 4.79 Å². The first-order chi connectivity index (χ1) is 14.7. The normalized spacial score (nSPS) is 23.7. The number of nitrogens with one attached hydrogen (secondary N) is 1. The highest BCUT2D eigenvalue weighted by molar-refractivity contribution is 5.76. The van der Waals surface area contributed by atoms with Crippen LogP contribution in [0.15, 0.2) is 12.4 Å². The van der Waals surface area contributed by atoms with Crippen LogP contribution >= 0.6 is 0 Å². The number of anilines is 2. The van der Waals surface area contributed by atoms with Crippen LogP contribution in [0.25, 0.3) is 0 Å². The summed E-state index contributed by atoms with van der Waals surface area (Å²) in [5.41, 5.74) is 0. The lowest BCUT2D eigenvalue weighted by molar-refractivity contribution is -0.187. The van der Waals surface area contributed by atoms with Gasteiger partial charge in [0.25, 0.3) is 0 Å². The number of rotatable bonds is 7. The molecular weight excluding hydrogens is 382 g/mol. The van der Waals surface area contributed by atoms with E-state index in [9.17, 15) is 4.79 Å². The molecule has 1 N–H and O–H groups in total. The van der Waals surface area contributed by atoms with Crippen LogP contribution in [0.4, 0.5) is 11.6 Å². The molecule has 1 unspecified atom stereocenters. The first kappa shape index (κ1) is 21.3. The summed E-state index contributed by atoms with van der Waals surface area (Å²) in [6.07, 6.45) is 8.17. The Labute approximate surface area is 179 Å². The molecule has 4 rings (SSSR count). The molecule has 4 heterocycles. The van der Waals surface area contributed by atoms with E-state index in [0.717, 1.165) is 76.5 Å². The molecule has 3 aliphatic heterocycles. The summed E-state index contributed by atoms with van der Waals surface area (Å²) in [4.78, 5) is 25.9. The molecule has 1 spiro atoms. The van der Waals surface area contributed by atoms with E-state index in [2.05, 4.69) is 27.1 Å². The topological polar surface area (TPSA) is 79.8 Å². The minimum atomic E-state index is -0.414. The lowest BCUT2D eigenvalue weighted by Gasteiger charge is -2.38. The van der Waals surface area contributed by atoms with Gasteiger partial charge in [0.05, 0.1) is 13.2 Å². The summed E-state index contributed by atoms with van der Waals surface area (Å²) in [6.45, 7) is 7.86. The number of ether oxygens (including phenoxy) is 2. The minimum Gasteiger partial charge on any atom is -0.370 e. The van der Waals surface area contributed by atoms with E-state index in [1.165, 1.54) is 6.42 Å². The number of likely N-dealkylation sites (tertiary alicyclic amines) is 1. The van der Waals surface area contributed by atoms with Gasteiger partial charge in [-0.05, 0) is 31.6 Å². The van der Waals surface area contributed by atoms with Crippen LogP contribution in [0.1, 0.15) is 51.9 Å². The Kier molecular flexibility index (Phi) is 7.04. The summed E-state index contributed by atoms with van der Waals surface area (Å²) >= 11 is 0. The fourth-order valence-corrected chi connectivity index (χ4v) is 4.75. The molecule has 0 aliphatic carbocycles. The number of piperidine rings is 2. The average molecular weight is 418 g/mol. The number of carbonyl (C=O) groups excluding carboxylic acids is 1. The number of nitrogens with zero attached hydrogens (tertiary/aromatic N) is 4. The van der Waals surface area contributed by atoms with Crippen LogP contribution < -0.4 is 10.2 Å². The molecule has 1 aromatic rings. The lowest BCUT2D eigenvalue weighted by atomic mass is 9.93. The summed E-state index contributed by atoms with van der Waals surface area (Å²) in [7, 11) is 0. The van der Waals surface area contributed by atoms with Crippen LogP contribution in [0.2, 0.25) is 0 Å². The van der Waals surface area contributed by atoms with Crippen molar-refractivity contribution in [1.29, 1.82) is 0 Å². The van der Waals surface area contributed by atoms with Gasteiger partial charge in [0.15, 0.2) is 5.79 Å². The Morgan fingerprint density at radius 2 is 2.03 bits per heavy atom. The largest absolute Gasteiger partial charge is 0.370 e. The fourth-order valence-electron chi connectivity index (χ4n) is 4.75. The van der Waals surface area contributed by atoms with Crippen molar-refractivity contribution in [2.75, 3.05) is 56.2 Å². The first-order valence-electron chi connectivity index (χ1n) is 11.5. The van der Waals surface area contributed by atoms with Gasteiger partial charge in [0, 0.05) is 58.1 Å². The quantitative estimate of drug-likeness (QED) is 0.730. The third-order valence-electron chi connectivity index (χ3n) is 6.51. The van der Waals surface area contributed by atoms with Gasteiger partial charge in [-0.1, -0.05) is 6.92 Å². The van der Waals surface area contributed by atoms with Crippen LogP contribution in [-0.2, 0) is 14.3 Å². The molecule has 1 atom stereocenters. The first-order valence-corrected chi connectivity index (χ1v) is 11.5. The zero-order valence-corrected chi connectivity index (χ0v) is 18.1. The lowest BCUT2D eigenvalue weighted by Crippen LogP contribution is -2.47. The SMILES string of the molecule is CCCNc1cc(N2CCCC(CCC(=O)N3CCC4(CC3)OCCO4)C2)ncn1. The third-order valence-corrected chi connectivity index (χ3v) is 6.51. The predicted molar refractivity (Wildman–Crippen MR) is 115 cm³/mol. The summed E-state index contributed by atoms with van der Waals surface area (Å²) in [5, 5.41) is 3.33. The van der Waals surface area contributed by atoms with E-state index in [4.69, 9.17) is 9.47 Å². The van der Waals surface area contributed by atoms with Gasteiger partial charge in [-0.2, -0.15) is 0 Å². The highest BCUT2D eigenvalue weighted by atomic mass is 16.7. The van der Waals surface area contributed by atoms with Crippen LogP contribution in [0, 0.1) is 5.92 Å². The molecule has 0 saturated carbocycles. The van der Waals surface area contributed by atoms with Crippen LogP contribution in [0.3, 0.4) is 0 Å². The second kappa shape index (κ2) is 9.92. The molecule has 30 heavy (non-hydrogen) atoms. The number of hydrogen-bond acceptors (Lipinski definition) is 7. The average Bonchev–Trinajstić information content (AvgIpc) is 3.25. The van der Waals surface area contributed by atoms with E-state index in [1.807, 2.05) is 11.0 Å². The molecule has 8 heteroatoms. The smallest absolute Gasteiger partial charge is 0.222 e. The van der Waals surface area contributed by atoms with E-state index in [1.54, 1.807) is 6.33 Å². The van der Waals surface area contributed by atoms with Crippen molar-refractivity contribution >= 4 is 17.5 Å². The highest BCUT2D eigenvalue weighted by Gasteiger charge is 2.40. The maximum absolute atomic E-state index is 12.7. The van der Waals surface area contributed by atoms with Crippen molar-refractivity contribution in [2.45, 2.75) is 57.7 Å². The molecule has 0 aromatic carbocycles. The monoisotopic (exact) mass is 417 g/mol. The molecule has 1 amide bonds. The van der Waals surface area contributed by atoms with Crippen molar-refractivity contribution in [2.24, 2.45) is 5.92 Å². The second-order valence-corrected chi connectivity index (χ2v) is 8.67. The molecule has 1 aromatic heterocycles. The standard InChI is InChI=1S/C22H35N5O3/c1-2-9-23-19-15-20(25-17-24-19)27-10-3-4-18(16-27)5-6-21(28)26-11-7-22(8-12-26)29-13-14-30-22/h15,17-18H,2-14,16H2,1H3,(H,23,24,25). The van der Waals surface area contributed by atoms with Gasteiger partial charge in [0.1, 0.15) is 18.0 Å². The number of carbonyl (C=O) groups is 1. The van der Waals surface area contributed by atoms with E-state index in [-0.39, 0.29) is 5.91 Å². The van der Waals surface area contributed by atoms with E-state index in [0.29, 0.717) is 25.6 Å². The minimum absolute atomic E-state index is 0.271. The van der Waals surface area contributed by atoms with E-state index >= 15 is 0 Å². The second-order valence-electron chi connectivity index (χ2n) is 8.67. The molecule has 0 bridgehead atoms. The van der Waals surface area contributed by atoms with Crippen molar-refractivity contribution in [1.82, 2.24) is 14.9 Å².